The second-order valence-corrected chi connectivity index (χ2v) is 7.64. The van der Waals surface area contributed by atoms with Gasteiger partial charge in [0.15, 0.2) is 0 Å². The number of rotatable bonds is 5. The number of carbonyl (C=O) groups excluding carboxylic acids is 1. The number of hydrogen-bond acceptors (Lipinski definition) is 4. The molecule has 2 aromatic carbocycles. The molecule has 0 bridgehead atoms. The van der Waals surface area contributed by atoms with E-state index in [2.05, 4.69) is 10.3 Å². The standard InChI is InChI=1S/C24H19ClFN3O3/c1-14-18(23(30)28-16-5-8-21(26)20(25)11-16)12-19-22(27-14)9-10-29(24(19)31)13-15-3-6-17(32-2)7-4-15/h3-12H,13H2,1-2H3,(H,28,30). The number of carbonyl (C=O) groups is 1. The average Bonchev–Trinajstić information content (AvgIpc) is 2.78. The monoisotopic (exact) mass is 451 g/mol. The first-order valence-corrected chi connectivity index (χ1v) is 10.1. The Morgan fingerprint density at radius 2 is 1.91 bits per heavy atom. The molecule has 0 saturated heterocycles. The van der Waals surface area contributed by atoms with Crippen LogP contribution >= 0.6 is 11.6 Å². The van der Waals surface area contributed by atoms with Gasteiger partial charge in [-0.2, -0.15) is 0 Å². The van der Waals surface area contributed by atoms with E-state index in [0.29, 0.717) is 28.8 Å². The number of halogens is 2. The number of pyridine rings is 2. The van der Waals surface area contributed by atoms with Crippen LogP contribution in [0, 0.1) is 12.7 Å². The van der Waals surface area contributed by atoms with Gasteiger partial charge in [0.05, 0.1) is 40.8 Å². The summed E-state index contributed by atoms with van der Waals surface area (Å²) < 4.78 is 20.1. The number of anilines is 1. The molecule has 4 aromatic rings. The minimum absolute atomic E-state index is 0.0995. The Hall–Kier alpha value is -3.71. The van der Waals surface area contributed by atoms with Crippen LogP contribution in [0.4, 0.5) is 10.1 Å². The molecular weight excluding hydrogens is 433 g/mol. The van der Waals surface area contributed by atoms with Crippen molar-refractivity contribution in [2.75, 3.05) is 12.4 Å². The van der Waals surface area contributed by atoms with Crippen molar-refractivity contribution in [3.05, 3.63) is 98.8 Å². The summed E-state index contributed by atoms with van der Waals surface area (Å²) in [5, 5.41) is 2.89. The van der Waals surface area contributed by atoms with Gasteiger partial charge in [0, 0.05) is 11.9 Å². The number of nitrogens with one attached hydrogen (secondary N) is 1. The summed E-state index contributed by atoms with van der Waals surface area (Å²) in [5.41, 5.74) is 2.22. The minimum atomic E-state index is -0.578. The van der Waals surface area contributed by atoms with Gasteiger partial charge in [0.25, 0.3) is 11.5 Å². The molecule has 0 atom stereocenters. The number of ether oxygens (including phenoxy) is 1. The molecule has 0 unspecified atom stereocenters. The lowest BCUT2D eigenvalue weighted by Gasteiger charge is -2.11. The second kappa shape index (κ2) is 8.80. The molecule has 162 valence electrons. The van der Waals surface area contributed by atoms with E-state index in [1.807, 2.05) is 24.3 Å². The van der Waals surface area contributed by atoms with Gasteiger partial charge in [-0.1, -0.05) is 23.7 Å². The Morgan fingerprint density at radius 1 is 1.16 bits per heavy atom. The highest BCUT2D eigenvalue weighted by atomic mass is 35.5. The van der Waals surface area contributed by atoms with E-state index in [-0.39, 0.29) is 16.1 Å². The topological polar surface area (TPSA) is 73.2 Å². The van der Waals surface area contributed by atoms with Crippen molar-refractivity contribution in [2.45, 2.75) is 13.5 Å². The summed E-state index contributed by atoms with van der Waals surface area (Å²) in [5.74, 6) is -0.312. The highest BCUT2D eigenvalue weighted by Gasteiger charge is 2.15. The molecule has 1 amide bonds. The molecule has 2 aromatic heterocycles. The maximum atomic E-state index is 13.4. The van der Waals surface area contributed by atoms with Crippen LogP contribution < -0.4 is 15.6 Å². The van der Waals surface area contributed by atoms with Crippen LogP contribution in [-0.4, -0.2) is 22.6 Å². The predicted molar refractivity (Wildman–Crippen MR) is 122 cm³/mol. The van der Waals surface area contributed by atoms with Gasteiger partial charge in [-0.3, -0.25) is 14.6 Å². The van der Waals surface area contributed by atoms with E-state index < -0.39 is 11.7 Å². The largest absolute Gasteiger partial charge is 0.497 e. The average molecular weight is 452 g/mol. The summed E-state index contributed by atoms with van der Waals surface area (Å²) in [6, 6.07) is 14.6. The van der Waals surface area contributed by atoms with Crippen molar-refractivity contribution in [3.63, 3.8) is 0 Å². The van der Waals surface area contributed by atoms with Gasteiger partial charge in [-0.05, 0) is 55.0 Å². The van der Waals surface area contributed by atoms with E-state index in [0.717, 1.165) is 11.3 Å². The van der Waals surface area contributed by atoms with Crippen LogP contribution in [0.15, 0.2) is 65.6 Å². The summed E-state index contributed by atoms with van der Waals surface area (Å²) >= 11 is 5.78. The molecule has 1 N–H and O–H groups in total. The summed E-state index contributed by atoms with van der Waals surface area (Å²) in [4.78, 5) is 30.3. The number of hydrogen-bond donors (Lipinski definition) is 1. The van der Waals surface area contributed by atoms with Crippen molar-refractivity contribution in [2.24, 2.45) is 0 Å². The van der Waals surface area contributed by atoms with Crippen molar-refractivity contribution in [1.29, 1.82) is 0 Å². The smallest absolute Gasteiger partial charge is 0.260 e. The zero-order valence-electron chi connectivity index (χ0n) is 17.4. The van der Waals surface area contributed by atoms with Gasteiger partial charge in [0.1, 0.15) is 11.6 Å². The Kier molecular flexibility index (Phi) is 5.92. The first kappa shape index (κ1) is 21.5. The lowest BCUT2D eigenvalue weighted by atomic mass is 10.1. The molecule has 0 radical (unpaired) electrons. The molecule has 0 saturated carbocycles. The van der Waals surface area contributed by atoms with Crippen LogP contribution in [0.3, 0.4) is 0 Å². The van der Waals surface area contributed by atoms with Crippen LogP contribution in [-0.2, 0) is 6.54 Å². The molecule has 0 aliphatic carbocycles. The van der Waals surface area contributed by atoms with Gasteiger partial charge in [-0.25, -0.2) is 4.39 Å². The molecule has 32 heavy (non-hydrogen) atoms. The van der Waals surface area contributed by atoms with Gasteiger partial charge >= 0.3 is 0 Å². The molecule has 8 heteroatoms. The van der Waals surface area contributed by atoms with Crippen molar-refractivity contribution in [3.8, 4) is 5.75 Å². The first-order valence-electron chi connectivity index (χ1n) is 9.76. The lowest BCUT2D eigenvalue weighted by molar-refractivity contribution is 0.102. The van der Waals surface area contributed by atoms with Crippen LogP contribution in [0.25, 0.3) is 10.9 Å². The molecule has 0 spiro atoms. The van der Waals surface area contributed by atoms with E-state index in [9.17, 15) is 14.0 Å². The number of methoxy groups -OCH3 is 1. The SMILES string of the molecule is COc1ccc(Cn2ccc3nc(C)c(C(=O)Nc4ccc(F)c(Cl)c4)cc3c2=O)cc1. The predicted octanol–water partition coefficient (Wildman–Crippen LogP) is 4.81. The third-order valence-corrected chi connectivity index (χ3v) is 5.37. The third kappa shape index (κ3) is 4.33. The molecule has 0 aliphatic rings. The molecule has 4 rings (SSSR count). The Bertz CT molecular complexity index is 1380. The van der Waals surface area contributed by atoms with E-state index in [1.165, 1.54) is 24.3 Å². The number of aromatic nitrogens is 2. The van der Waals surface area contributed by atoms with Crippen LogP contribution in [0.5, 0.6) is 5.75 Å². The molecule has 2 heterocycles. The fourth-order valence-corrected chi connectivity index (χ4v) is 3.54. The maximum Gasteiger partial charge on any atom is 0.260 e. The number of benzene rings is 2. The third-order valence-electron chi connectivity index (χ3n) is 5.08. The first-order chi connectivity index (χ1) is 15.4. The number of nitrogens with zero attached hydrogens (tertiary/aromatic N) is 2. The number of aryl methyl sites for hydroxylation is 1. The summed E-state index contributed by atoms with van der Waals surface area (Å²) in [7, 11) is 1.59. The van der Waals surface area contributed by atoms with Gasteiger partial charge < -0.3 is 14.6 Å². The highest BCUT2D eigenvalue weighted by molar-refractivity contribution is 6.31. The summed E-state index contributed by atoms with van der Waals surface area (Å²) in [6.07, 6.45) is 1.68. The fraction of sp³-hybridized carbons (Fsp3) is 0.125. The quantitative estimate of drug-likeness (QED) is 0.472. The van der Waals surface area contributed by atoms with Crippen molar-refractivity contribution >= 4 is 34.1 Å². The molecular formula is C24H19ClFN3O3. The van der Waals surface area contributed by atoms with Crippen molar-refractivity contribution < 1.29 is 13.9 Å². The molecule has 0 aliphatic heterocycles. The van der Waals surface area contributed by atoms with Gasteiger partial charge in [-0.15, -0.1) is 0 Å². The fourth-order valence-electron chi connectivity index (χ4n) is 3.36. The zero-order chi connectivity index (χ0) is 22.8. The summed E-state index contributed by atoms with van der Waals surface area (Å²) in [6.45, 7) is 2.05. The van der Waals surface area contributed by atoms with Crippen molar-refractivity contribution in [1.82, 2.24) is 9.55 Å². The minimum Gasteiger partial charge on any atom is -0.497 e. The Balaban J connectivity index is 1.67. The maximum absolute atomic E-state index is 13.4. The highest BCUT2D eigenvalue weighted by Crippen LogP contribution is 2.21. The van der Waals surface area contributed by atoms with E-state index in [1.54, 1.807) is 30.9 Å². The Morgan fingerprint density at radius 3 is 2.59 bits per heavy atom. The van der Waals surface area contributed by atoms with E-state index in [4.69, 9.17) is 16.3 Å². The zero-order valence-corrected chi connectivity index (χ0v) is 18.1. The number of amides is 1. The van der Waals surface area contributed by atoms with Crippen LogP contribution in [0.1, 0.15) is 21.6 Å². The second-order valence-electron chi connectivity index (χ2n) is 7.23. The Labute approximate surface area is 188 Å². The number of fused-ring (bicyclic) bond motifs is 1. The lowest BCUT2D eigenvalue weighted by Crippen LogP contribution is -2.22. The van der Waals surface area contributed by atoms with Gasteiger partial charge in [0.2, 0.25) is 0 Å². The molecule has 0 fully saturated rings. The normalized spacial score (nSPS) is 10.9. The van der Waals surface area contributed by atoms with E-state index >= 15 is 0 Å². The molecule has 6 nitrogen and oxygen atoms in total. The van der Waals surface area contributed by atoms with Crippen LogP contribution in [0.2, 0.25) is 5.02 Å².